The molecule has 0 bridgehead atoms. The molecule has 1 aliphatic heterocycles. The largest absolute Gasteiger partial charge is 0.507 e. The molecule has 2 heterocycles. The monoisotopic (exact) mass is 482 g/mol. The molecule has 1 N–H and O–H groups in total. The first kappa shape index (κ1) is 23.3. The van der Waals surface area contributed by atoms with E-state index in [0.29, 0.717) is 5.56 Å². The second-order valence-corrected chi connectivity index (χ2v) is 7.90. The van der Waals surface area contributed by atoms with Gasteiger partial charge in [-0.25, -0.2) is 4.39 Å². The fourth-order valence-electron chi connectivity index (χ4n) is 3.94. The summed E-state index contributed by atoms with van der Waals surface area (Å²) in [5, 5.41) is 11.5. The minimum Gasteiger partial charge on any atom is -0.507 e. The summed E-state index contributed by atoms with van der Waals surface area (Å²) in [5.74, 6) is -2.60. The first-order chi connectivity index (χ1) is 16.4. The van der Waals surface area contributed by atoms with E-state index in [4.69, 9.17) is 21.1 Å². The van der Waals surface area contributed by atoms with Crippen molar-refractivity contribution >= 4 is 29.1 Å². The third-order valence-electron chi connectivity index (χ3n) is 5.57. The summed E-state index contributed by atoms with van der Waals surface area (Å²) in [4.78, 5) is 31.5. The van der Waals surface area contributed by atoms with Crippen LogP contribution in [0.5, 0.6) is 11.5 Å². The summed E-state index contributed by atoms with van der Waals surface area (Å²) in [6.07, 6.45) is 3.10. The van der Waals surface area contributed by atoms with E-state index < -0.39 is 29.3 Å². The van der Waals surface area contributed by atoms with E-state index in [1.54, 1.807) is 30.6 Å². The predicted molar refractivity (Wildman–Crippen MR) is 123 cm³/mol. The highest BCUT2D eigenvalue weighted by Gasteiger charge is 2.47. The number of ketones is 1. The topological polar surface area (TPSA) is 89.0 Å². The second kappa shape index (κ2) is 9.52. The van der Waals surface area contributed by atoms with Crippen LogP contribution in [0.15, 0.2) is 66.5 Å². The number of likely N-dealkylation sites (tertiary alicyclic amines) is 1. The van der Waals surface area contributed by atoms with Gasteiger partial charge in [-0.05, 0) is 29.8 Å². The van der Waals surface area contributed by atoms with Gasteiger partial charge in [-0.2, -0.15) is 0 Å². The molecule has 1 atom stereocenters. The van der Waals surface area contributed by atoms with Crippen LogP contribution >= 0.6 is 11.6 Å². The van der Waals surface area contributed by atoms with Crippen molar-refractivity contribution in [3.8, 4) is 11.5 Å². The molecule has 9 heteroatoms. The average Bonchev–Trinajstić information content (AvgIpc) is 3.09. The van der Waals surface area contributed by atoms with Crippen LogP contribution in [-0.2, 0) is 16.1 Å². The highest BCUT2D eigenvalue weighted by atomic mass is 35.5. The predicted octanol–water partition coefficient (Wildman–Crippen LogP) is 4.51. The van der Waals surface area contributed by atoms with E-state index in [9.17, 15) is 19.1 Å². The number of ether oxygens (including phenoxy) is 2. The molecule has 1 aliphatic rings. The first-order valence-corrected chi connectivity index (χ1v) is 10.6. The summed E-state index contributed by atoms with van der Waals surface area (Å²) >= 11 is 6.17. The van der Waals surface area contributed by atoms with Gasteiger partial charge in [0, 0.05) is 30.6 Å². The van der Waals surface area contributed by atoms with E-state index in [0.717, 1.165) is 0 Å². The van der Waals surface area contributed by atoms with Crippen LogP contribution in [0, 0.1) is 5.82 Å². The molecule has 1 saturated heterocycles. The Balaban J connectivity index is 1.95. The number of rotatable bonds is 6. The van der Waals surface area contributed by atoms with Gasteiger partial charge in [-0.15, -0.1) is 0 Å². The lowest BCUT2D eigenvalue weighted by Gasteiger charge is -2.26. The number of amides is 1. The Labute approximate surface area is 200 Å². The summed E-state index contributed by atoms with van der Waals surface area (Å²) in [7, 11) is 2.76. The number of nitrogens with zero attached hydrogens (tertiary/aromatic N) is 2. The zero-order valence-corrected chi connectivity index (χ0v) is 19.0. The van der Waals surface area contributed by atoms with Crippen molar-refractivity contribution in [1.29, 1.82) is 0 Å². The third-order valence-corrected chi connectivity index (χ3v) is 5.87. The summed E-state index contributed by atoms with van der Waals surface area (Å²) in [5.41, 5.74) is 0.556. The van der Waals surface area contributed by atoms with Crippen molar-refractivity contribution in [2.24, 2.45) is 0 Å². The lowest BCUT2D eigenvalue weighted by Crippen LogP contribution is -2.29. The van der Waals surface area contributed by atoms with Crippen molar-refractivity contribution in [2.75, 3.05) is 14.2 Å². The lowest BCUT2D eigenvalue weighted by molar-refractivity contribution is -0.140. The molecule has 7 nitrogen and oxygen atoms in total. The van der Waals surface area contributed by atoms with Crippen LogP contribution in [-0.4, -0.2) is 40.9 Å². The van der Waals surface area contributed by atoms with Crippen LogP contribution in [0.1, 0.15) is 22.7 Å². The van der Waals surface area contributed by atoms with Crippen LogP contribution in [0.4, 0.5) is 4.39 Å². The number of Topliss-reactive ketones (excluding diaryl/α,β-unsaturated/α-hetero) is 1. The molecule has 4 rings (SSSR count). The van der Waals surface area contributed by atoms with Gasteiger partial charge in [-0.1, -0.05) is 29.8 Å². The highest BCUT2D eigenvalue weighted by Crippen LogP contribution is 2.44. The Morgan fingerprint density at radius 2 is 1.76 bits per heavy atom. The van der Waals surface area contributed by atoms with Crippen LogP contribution in [0.25, 0.3) is 5.76 Å². The number of aromatic nitrogens is 1. The first-order valence-electron chi connectivity index (χ1n) is 10.2. The van der Waals surface area contributed by atoms with Gasteiger partial charge in [0.15, 0.2) is 0 Å². The minimum atomic E-state index is -1.18. The molecule has 174 valence electrons. The van der Waals surface area contributed by atoms with Gasteiger partial charge in [-0.3, -0.25) is 14.6 Å². The number of hydrogen-bond donors (Lipinski definition) is 1. The molecular weight excluding hydrogens is 463 g/mol. The number of pyridine rings is 1. The fraction of sp³-hybridized carbons (Fsp3) is 0.160. The summed E-state index contributed by atoms with van der Waals surface area (Å²) < 4.78 is 25.5. The Morgan fingerprint density at radius 3 is 2.41 bits per heavy atom. The number of hydrogen-bond acceptors (Lipinski definition) is 6. The van der Waals surface area contributed by atoms with Gasteiger partial charge in [0.25, 0.3) is 11.7 Å². The van der Waals surface area contributed by atoms with E-state index in [1.165, 1.54) is 49.5 Å². The zero-order chi connectivity index (χ0) is 24.4. The van der Waals surface area contributed by atoms with Gasteiger partial charge in [0.2, 0.25) is 0 Å². The fourth-order valence-corrected chi connectivity index (χ4v) is 4.17. The number of carbonyl (C=O) groups excluding carboxylic acids is 2. The molecule has 1 amide bonds. The standard InChI is InChI=1S/C25H20ClFN2O5/c1-33-19-12-17(26)20(34-2)11-16(19)23(30)21-22(15-5-3-4-6-18(15)27)29(25(32)24(21)31)13-14-7-9-28-10-8-14/h3-12,22,30H,13H2,1-2H3/b23-21+. The molecule has 1 aromatic heterocycles. The number of carbonyl (C=O) groups is 2. The smallest absolute Gasteiger partial charge is 0.295 e. The van der Waals surface area contributed by atoms with E-state index in [1.807, 2.05) is 0 Å². The summed E-state index contributed by atoms with van der Waals surface area (Å²) in [6.45, 7) is 0.00392. The molecule has 3 aromatic rings. The molecule has 0 radical (unpaired) electrons. The molecule has 2 aromatic carbocycles. The SMILES string of the molecule is COc1cc(/C(O)=C2\C(=O)C(=O)N(Cc3ccncc3)C2c2ccccc2F)c(OC)cc1Cl. The van der Waals surface area contributed by atoms with Gasteiger partial charge in [0.1, 0.15) is 23.1 Å². The van der Waals surface area contributed by atoms with Crippen molar-refractivity contribution in [3.05, 3.63) is 94.0 Å². The van der Waals surface area contributed by atoms with Crippen molar-refractivity contribution in [1.82, 2.24) is 9.88 Å². The van der Waals surface area contributed by atoms with Crippen LogP contribution < -0.4 is 9.47 Å². The molecule has 0 aliphatic carbocycles. The minimum absolute atomic E-state index is 0.00392. The zero-order valence-electron chi connectivity index (χ0n) is 18.3. The van der Waals surface area contributed by atoms with Gasteiger partial charge < -0.3 is 19.5 Å². The average molecular weight is 483 g/mol. The van der Waals surface area contributed by atoms with E-state index in [2.05, 4.69) is 4.98 Å². The van der Waals surface area contributed by atoms with Gasteiger partial charge in [0.05, 0.1) is 36.4 Å². The summed E-state index contributed by atoms with van der Waals surface area (Å²) in [6, 6.07) is 10.8. The van der Waals surface area contributed by atoms with Crippen molar-refractivity contribution in [3.63, 3.8) is 0 Å². The van der Waals surface area contributed by atoms with E-state index >= 15 is 0 Å². The molecule has 0 saturated carbocycles. The quantitative estimate of drug-likeness (QED) is 0.316. The Kier molecular flexibility index (Phi) is 6.51. The maximum atomic E-state index is 14.9. The van der Waals surface area contributed by atoms with E-state index in [-0.39, 0.29) is 39.8 Å². The maximum absolute atomic E-state index is 14.9. The highest BCUT2D eigenvalue weighted by molar-refractivity contribution is 6.46. The second-order valence-electron chi connectivity index (χ2n) is 7.49. The number of aliphatic hydroxyl groups excluding tert-OH is 1. The van der Waals surface area contributed by atoms with Crippen LogP contribution in [0.2, 0.25) is 5.02 Å². The van der Waals surface area contributed by atoms with Crippen molar-refractivity contribution in [2.45, 2.75) is 12.6 Å². The molecule has 1 unspecified atom stereocenters. The van der Waals surface area contributed by atoms with Crippen molar-refractivity contribution < 1.29 is 28.6 Å². The molecule has 0 spiro atoms. The number of benzene rings is 2. The molecule has 1 fully saturated rings. The maximum Gasteiger partial charge on any atom is 0.295 e. The Bertz CT molecular complexity index is 1300. The lowest BCUT2D eigenvalue weighted by atomic mass is 9.94. The number of methoxy groups -OCH3 is 2. The Hall–Kier alpha value is -3.91. The molecular formula is C25H20ClFN2O5. The third kappa shape index (κ3) is 4.08. The van der Waals surface area contributed by atoms with Gasteiger partial charge >= 0.3 is 0 Å². The number of aliphatic hydroxyl groups is 1. The van der Waals surface area contributed by atoms with Crippen LogP contribution in [0.3, 0.4) is 0 Å². The normalized spacial score (nSPS) is 17.2. The number of halogens is 2. The Morgan fingerprint density at radius 1 is 1.09 bits per heavy atom. The molecule has 34 heavy (non-hydrogen) atoms.